The standard InChI is InChI=1S/C21H28N4O2S/c1-15(20-22-17-6-2-3-7-18(17)23-20)28-14-19(26)24-12-8-16(9-13-24)21(27)25-10-4-5-11-25/h2-3,6-7,15-16H,4-5,8-14H2,1H3,(H,22,23). The first-order valence-corrected chi connectivity index (χ1v) is 11.3. The third-order valence-electron chi connectivity index (χ3n) is 5.86. The van der Waals surface area contributed by atoms with Gasteiger partial charge >= 0.3 is 0 Å². The van der Waals surface area contributed by atoms with Crippen LogP contribution in [0.25, 0.3) is 11.0 Å². The van der Waals surface area contributed by atoms with Gasteiger partial charge in [-0.1, -0.05) is 12.1 Å². The molecule has 0 bridgehead atoms. The summed E-state index contributed by atoms with van der Waals surface area (Å²) in [6.07, 6.45) is 3.85. The molecule has 6 nitrogen and oxygen atoms in total. The number of imidazole rings is 1. The normalized spacial score (nSPS) is 19.3. The van der Waals surface area contributed by atoms with Gasteiger partial charge in [0.15, 0.2) is 0 Å². The molecule has 2 aliphatic rings. The van der Waals surface area contributed by atoms with Crippen LogP contribution in [0.3, 0.4) is 0 Å². The summed E-state index contributed by atoms with van der Waals surface area (Å²) < 4.78 is 0. The summed E-state index contributed by atoms with van der Waals surface area (Å²) in [4.78, 5) is 37.0. The largest absolute Gasteiger partial charge is 0.342 e. The van der Waals surface area contributed by atoms with Gasteiger partial charge < -0.3 is 14.8 Å². The fraction of sp³-hybridized carbons (Fsp3) is 0.571. The molecule has 1 unspecified atom stereocenters. The first kappa shape index (κ1) is 19.3. The molecule has 1 aromatic carbocycles. The van der Waals surface area contributed by atoms with Crippen molar-refractivity contribution in [1.29, 1.82) is 0 Å². The van der Waals surface area contributed by atoms with Crippen LogP contribution in [0.4, 0.5) is 0 Å². The lowest BCUT2D eigenvalue weighted by Gasteiger charge is -2.33. The van der Waals surface area contributed by atoms with Gasteiger partial charge in [0.1, 0.15) is 5.82 Å². The molecule has 0 saturated carbocycles. The van der Waals surface area contributed by atoms with E-state index in [1.165, 1.54) is 0 Å². The summed E-state index contributed by atoms with van der Waals surface area (Å²) in [6.45, 7) is 5.30. The van der Waals surface area contributed by atoms with Crippen LogP contribution in [-0.2, 0) is 9.59 Å². The maximum absolute atomic E-state index is 12.6. The summed E-state index contributed by atoms with van der Waals surface area (Å²) in [5, 5.41) is 0.130. The highest BCUT2D eigenvalue weighted by molar-refractivity contribution is 8.00. The minimum Gasteiger partial charge on any atom is -0.342 e. The molecule has 2 saturated heterocycles. The second-order valence-corrected chi connectivity index (χ2v) is 9.11. The Morgan fingerprint density at radius 1 is 1.14 bits per heavy atom. The zero-order valence-corrected chi connectivity index (χ0v) is 17.2. The van der Waals surface area contributed by atoms with E-state index < -0.39 is 0 Å². The maximum atomic E-state index is 12.6. The number of amides is 2. The first-order chi connectivity index (χ1) is 13.6. The number of nitrogens with one attached hydrogen (secondary N) is 1. The average molecular weight is 401 g/mol. The smallest absolute Gasteiger partial charge is 0.232 e. The summed E-state index contributed by atoms with van der Waals surface area (Å²) in [6, 6.07) is 7.98. The number of rotatable bonds is 5. The minimum atomic E-state index is 0.101. The number of fused-ring (bicyclic) bond motifs is 1. The second kappa shape index (κ2) is 8.55. The molecule has 1 N–H and O–H groups in total. The van der Waals surface area contributed by atoms with Gasteiger partial charge in [-0.3, -0.25) is 9.59 Å². The molecule has 2 fully saturated rings. The fourth-order valence-electron chi connectivity index (χ4n) is 4.10. The van der Waals surface area contributed by atoms with Crippen molar-refractivity contribution >= 4 is 34.6 Å². The molecular weight excluding hydrogens is 372 g/mol. The summed E-state index contributed by atoms with van der Waals surface area (Å²) in [5.74, 6) is 1.93. The molecule has 0 radical (unpaired) electrons. The topological polar surface area (TPSA) is 69.3 Å². The SMILES string of the molecule is CC(SCC(=O)N1CCC(C(=O)N2CCCC2)CC1)c1nc2ccccc2[nH]1. The second-order valence-electron chi connectivity index (χ2n) is 7.78. The van der Waals surface area contributed by atoms with Crippen LogP contribution in [0.15, 0.2) is 24.3 Å². The summed E-state index contributed by atoms with van der Waals surface area (Å²) >= 11 is 1.61. The number of hydrogen-bond acceptors (Lipinski definition) is 4. The molecule has 7 heteroatoms. The molecule has 0 spiro atoms. The van der Waals surface area contributed by atoms with Gasteiger partial charge in [0, 0.05) is 32.1 Å². The molecule has 4 rings (SSSR count). The number of hydrogen-bond donors (Lipinski definition) is 1. The number of piperidine rings is 1. The van der Waals surface area contributed by atoms with E-state index in [4.69, 9.17) is 0 Å². The van der Waals surface area contributed by atoms with E-state index in [0.717, 1.165) is 55.6 Å². The Hall–Kier alpha value is -2.02. The molecule has 150 valence electrons. The predicted octanol–water partition coefficient (Wildman–Crippen LogP) is 3.22. The van der Waals surface area contributed by atoms with Crippen LogP contribution in [0.1, 0.15) is 43.7 Å². The van der Waals surface area contributed by atoms with Crippen molar-refractivity contribution in [2.75, 3.05) is 31.9 Å². The molecular formula is C21H28N4O2S. The van der Waals surface area contributed by atoms with Crippen molar-refractivity contribution in [3.63, 3.8) is 0 Å². The Morgan fingerprint density at radius 2 is 1.86 bits per heavy atom. The Morgan fingerprint density at radius 3 is 2.57 bits per heavy atom. The van der Waals surface area contributed by atoms with Crippen molar-refractivity contribution in [2.24, 2.45) is 5.92 Å². The molecule has 2 aromatic rings. The quantitative estimate of drug-likeness (QED) is 0.837. The third-order valence-corrected chi connectivity index (χ3v) is 7.00. The lowest BCUT2D eigenvalue weighted by Crippen LogP contribution is -2.44. The summed E-state index contributed by atoms with van der Waals surface area (Å²) in [5.41, 5.74) is 1.99. The van der Waals surface area contributed by atoms with Gasteiger partial charge in [-0.05, 0) is 44.7 Å². The number of thioether (sulfide) groups is 1. The highest BCUT2D eigenvalue weighted by atomic mass is 32.2. The van der Waals surface area contributed by atoms with Crippen LogP contribution in [-0.4, -0.2) is 63.5 Å². The van der Waals surface area contributed by atoms with Gasteiger partial charge in [-0.15, -0.1) is 11.8 Å². The Balaban J connectivity index is 1.24. The highest BCUT2D eigenvalue weighted by Gasteiger charge is 2.31. The number of nitrogens with zero attached hydrogens (tertiary/aromatic N) is 3. The van der Waals surface area contributed by atoms with Gasteiger partial charge in [-0.25, -0.2) is 4.98 Å². The number of carbonyl (C=O) groups excluding carboxylic acids is 2. The van der Waals surface area contributed by atoms with Gasteiger partial charge in [0.2, 0.25) is 11.8 Å². The molecule has 0 aliphatic carbocycles. The lowest BCUT2D eigenvalue weighted by molar-refractivity contribution is -0.139. The molecule has 2 aliphatic heterocycles. The first-order valence-electron chi connectivity index (χ1n) is 10.2. The van der Waals surface area contributed by atoms with Crippen LogP contribution in [0.2, 0.25) is 0 Å². The van der Waals surface area contributed by atoms with Crippen LogP contribution in [0.5, 0.6) is 0 Å². The lowest BCUT2D eigenvalue weighted by atomic mass is 9.95. The molecule has 28 heavy (non-hydrogen) atoms. The monoisotopic (exact) mass is 400 g/mol. The third kappa shape index (κ3) is 4.19. The van der Waals surface area contributed by atoms with Crippen molar-refractivity contribution < 1.29 is 9.59 Å². The Kier molecular flexibility index (Phi) is 5.90. The number of likely N-dealkylation sites (tertiary alicyclic amines) is 2. The van der Waals surface area contributed by atoms with Crippen LogP contribution < -0.4 is 0 Å². The van der Waals surface area contributed by atoms with E-state index >= 15 is 0 Å². The van der Waals surface area contributed by atoms with Crippen molar-refractivity contribution in [2.45, 2.75) is 37.9 Å². The van der Waals surface area contributed by atoms with Crippen LogP contribution in [0, 0.1) is 5.92 Å². The average Bonchev–Trinajstić information content (AvgIpc) is 3.41. The zero-order valence-electron chi connectivity index (χ0n) is 16.4. The maximum Gasteiger partial charge on any atom is 0.232 e. The van der Waals surface area contributed by atoms with Gasteiger partial charge in [0.25, 0.3) is 0 Å². The van der Waals surface area contributed by atoms with E-state index in [2.05, 4.69) is 16.9 Å². The number of benzene rings is 1. The fourth-order valence-corrected chi connectivity index (χ4v) is 4.95. The van der Waals surface area contributed by atoms with Crippen molar-refractivity contribution in [1.82, 2.24) is 19.8 Å². The van der Waals surface area contributed by atoms with Crippen molar-refractivity contribution in [3.05, 3.63) is 30.1 Å². The molecule has 2 amide bonds. The molecule has 3 heterocycles. The van der Waals surface area contributed by atoms with E-state index in [1.54, 1.807) is 11.8 Å². The van der Waals surface area contributed by atoms with E-state index in [-0.39, 0.29) is 17.1 Å². The van der Waals surface area contributed by atoms with E-state index in [9.17, 15) is 9.59 Å². The number of H-pyrrole nitrogens is 1. The predicted molar refractivity (Wildman–Crippen MR) is 112 cm³/mol. The highest BCUT2D eigenvalue weighted by Crippen LogP contribution is 2.29. The number of aromatic amines is 1. The summed E-state index contributed by atoms with van der Waals surface area (Å²) in [7, 11) is 0. The van der Waals surface area contributed by atoms with Crippen molar-refractivity contribution in [3.8, 4) is 0 Å². The van der Waals surface area contributed by atoms with Gasteiger partial charge in [0.05, 0.1) is 22.0 Å². The van der Waals surface area contributed by atoms with E-state index in [0.29, 0.717) is 24.7 Å². The molecule has 1 atom stereocenters. The minimum absolute atomic E-state index is 0.101. The Bertz CT molecular complexity index is 805. The van der Waals surface area contributed by atoms with Gasteiger partial charge in [-0.2, -0.15) is 0 Å². The molecule has 1 aromatic heterocycles. The zero-order chi connectivity index (χ0) is 19.5. The number of carbonyl (C=O) groups is 2. The van der Waals surface area contributed by atoms with E-state index in [1.807, 2.05) is 34.1 Å². The number of para-hydroxylation sites is 2. The van der Waals surface area contributed by atoms with Crippen LogP contribution >= 0.6 is 11.8 Å². The Labute approximate surface area is 170 Å². The number of aromatic nitrogens is 2.